The van der Waals surface area contributed by atoms with Crippen molar-refractivity contribution >= 4 is 50.3 Å². The molecule has 43 heavy (non-hydrogen) atoms. The van der Waals surface area contributed by atoms with Crippen LogP contribution < -0.4 is 0 Å². The number of carbonyl (C=O) groups excluding carboxylic acids is 1. The van der Waals surface area contributed by atoms with Gasteiger partial charge in [0.05, 0.1) is 15.5 Å². The molecule has 10 heteroatoms. The van der Waals surface area contributed by atoms with Crippen molar-refractivity contribution in [2.45, 2.75) is 64.2 Å². The molecule has 3 aromatic rings. The second-order valence-electron chi connectivity index (χ2n) is 11.6. The highest BCUT2D eigenvalue weighted by Gasteiger charge is 2.34. The molecule has 0 aliphatic carbocycles. The molecule has 2 aromatic carbocycles. The number of hydrogen-bond donors (Lipinski definition) is 0. The second-order valence-corrected chi connectivity index (χ2v) is 15.2. The number of thiocarbonyl (C=S) groups is 1. The SMILES string of the molecule is CCCCC(CC)CN1C(=O)C(=Cc2cn(-c3ccccc3)nc2-c2cccc(S(=O)(=O)N3CCCC(C)C3)c2)SC1=S. The van der Waals surface area contributed by atoms with Crippen molar-refractivity contribution in [3.8, 4) is 16.9 Å². The number of benzene rings is 2. The minimum absolute atomic E-state index is 0.0843. The van der Waals surface area contributed by atoms with Crippen LogP contribution >= 0.6 is 24.0 Å². The molecule has 0 bridgehead atoms. The van der Waals surface area contributed by atoms with Crippen LogP contribution in [0.5, 0.6) is 0 Å². The Hall–Kier alpha value is -2.79. The molecule has 2 aliphatic heterocycles. The summed E-state index contributed by atoms with van der Waals surface area (Å²) in [5.41, 5.74) is 2.87. The minimum Gasteiger partial charge on any atom is -0.293 e. The summed E-state index contributed by atoms with van der Waals surface area (Å²) in [5, 5.41) is 4.90. The van der Waals surface area contributed by atoms with Crippen LogP contribution in [-0.4, -0.2) is 57.3 Å². The van der Waals surface area contributed by atoms with Crippen LogP contribution in [0, 0.1) is 11.8 Å². The quantitative estimate of drug-likeness (QED) is 0.162. The number of nitrogens with zero attached hydrogens (tertiary/aromatic N) is 4. The number of para-hydroxylation sites is 1. The summed E-state index contributed by atoms with van der Waals surface area (Å²) < 4.78 is 31.2. The van der Waals surface area contributed by atoms with E-state index in [2.05, 4.69) is 20.8 Å². The number of aromatic nitrogens is 2. The van der Waals surface area contributed by atoms with Crippen molar-refractivity contribution in [1.29, 1.82) is 0 Å². The molecule has 2 fully saturated rings. The highest BCUT2D eigenvalue weighted by Crippen LogP contribution is 2.36. The van der Waals surface area contributed by atoms with Gasteiger partial charge in [-0.15, -0.1) is 0 Å². The summed E-state index contributed by atoms with van der Waals surface area (Å²) in [7, 11) is -3.65. The Bertz CT molecular complexity index is 1600. The first-order valence-corrected chi connectivity index (χ1v) is 17.9. The van der Waals surface area contributed by atoms with Gasteiger partial charge in [-0.3, -0.25) is 9.69 Å². The van der Waals surface area contributed by atoms with E-state index in [1.807, 2.05) is 48.7 Å². The summed E-state index contributed by atoms with van der Waals surface area (Å²) in [4.78, 5) is 16.1. The van der Waals surface area contributed by atoms with Crippen LogP contribution in [0.3, 0.4) is 0 Å². The van der Waals surface area contributed by atoms with E-state index in [0.29, 0.717) is 52.0 Å². The monoisotopic (exact) mass is 636 g/mol. The minimum atomic E-state index is -3.65. The molecule has 2 unspecified atom stereocenters. The number of amides is 1. The van der Waals surface area contributed by atoms with Gasteiger partial charge in [-0.1, -0.05) is 94.3 Å². The second kappa shape index (κ2) is 13.9. The maximum atomic E-state index is 13.6. The van der Waals surface area contributed by atoms with Crippen LogP contribution in [0.15, 0.2) is 70.6 Å². The topological polar surface area (TPSA) is 75.5 Å². The van der Waals surface area contributed by atoms with Gasteiger partial charge in [0, 0.05) is 37.0 Å². The third-order valence-corrected chi connectivity index (χ3v) is 11.5. The first-order valence-electron chi connectivity index (χ1n) is 15.2. The number of hydrogen-bond acceptors (Lipinski definition) is 6. The smallest absolute Gasteiger partial charge is 0.266 e. The molecule has 0 saturated carbocycles. The standard InChI is InChI=1S/C33H40N4O3S3/c1-4-6-13-25(5-2)22-36-32(38)30(42-33(36)41)20-27-23-37(28-15-8-7-9-16-28)34-31(27)26-14-10-17-29(19-26)43(39,40)35-18-11-12-24(3)21-35/h7-10,14-17,19-20,23-25H,4-6,11-13,18,21-22H2,1-3H3. The van der Waals surface area contributed by atoms with Gasteiger partial charge >= 0.3 is 0 Å². The van der Waals surface area contributed by atoms with Gasteiger partial charge in [-0.25, -0.2) is 13.1 Å². The van der Waals surface area contributed by atoms with Crippen LogP contribution in [-0.2, 0) is 14.8 Å². The van der Waals surface area contributed by atoms with Crippen molar-refractivity contribution < 1.29 is 13.2 Å². The molecule has 2 aliphatic rings. The number of thioether (sulfide) groups is 1. The largest absolute Gasteiger partial charge is 0.293 e. The third-order valence-electron chi connectivity index (χ3n) is 8.27. The van der Waals surface area contributed by atoms with Gasteiger partial charge in [0.1, 0.15) is 10.0 Å². The first kappa shape index (κ1) is 31.6. The van der Waals surface area contributed by atoms with Crippen LogP contribution in [0.2, 0.25) is 0 Å². The van der Waals surface area contributed by atoms with E-state index in [1.165, 1.54) is 11.8 Å². The zero-order chi connectivity index (χ0) is 30.6. The lowest BCUT2D eigenvalue weighted by Gasteiger charge is -2.30. The lowest BCUT2D eigenvalue weighted by molar-refractivity contribution is -0.122. The third kappa shape index (κ3) is 7.14. The Morgan fingerprint density at radius 3 is 2.65 bits per heavy atom. The first-order chi connectivity index (χ1) is 20.7. The fourth-order valence-electron chi connectivity index (χ4n) is 5.72. The van der Waals surface area contributed by atoms with Crippen molar-refractivity contribution in [3.63, 3.8) is 0 Å². The molecule has 7 nitrogen and oxygen atoms in total. The number of carbonyl (C=O) groups is 1. The van der Waals surface area contributed by atoms with Crippen molar-refractivity contribution in [1.82, 2.24) is 19.0 Å². The highest BCUT2D eigenvalue weighted by atomic mass is 32.2. The summed E-state index contributed by atoms with van der Waals surface area (Å²) in [6, 6.07) is 16.7. The summed E-state index contributed by atoms with van der Waals surface area (Å²) >= 11 is 6.98. The molecule has 1 amide bonds. The average Bonchev–Trinajstić information content (AvgIpc) is 3.55. The Morgan fingerprint density at radius 2 is 1.93 bits per heavy atom. The lowest BCUT2D eigenvalue weighted by Crippen LogP contribution is -2.39. The normalized spacial score (nSPS) is 19.8. The Morgan fingerprint density at radius 1 is 1.14 bits per heavy atom. The molecule has 228 valence electrons. The van der Waals surface area contributed by atoms with Crippen molar-refractivity contribution in [2.24, 2.45) is 11.8 Å². The number of sulfonamides is 1. The average molecular weight is 637 g/mol. The highest BCUT2D eigenvalue weighted by molar-refractivity contribution is 8.26. The molecule has 2 atom stereocenters. The molecular formula is C33H40N4O3S3. The maximum Gasteiger partial charge on any atom is 0.266 e. The van der Waals surface area contributed by atoms with E-state index < -0.39 is 10.0 Å². The van der Waals surface area contributed by atoms with Crippen LogP contribution in [0.4, 0.5) is 0 Å². The number of rotatable bonds is 11. The molecule has 2 saturated heterocycles. The summed E-state index contributed by atoms with van der Waals surface area (Å²) in [6.07, 6.45) is 9.98. The Balaban J connectivity index is 1.51. The van der Waals surface area contributed by atoms with Crippen LogP contribution in [0.1, 0.15) is 64.9 Å². The molecule has 0 radical (unpaired) electrons. The Kier molecular flexibility index (Phi) is 10.2. The Labute approximate surface area is 265 Å². The molecule has 1 aromatic heterocycles. The van der Waals surface area contributed by atoms with Crippen molar-refractivity contribution in [2.75, 3.05) is 19.6 Å². The van der Waals surface area contributed by atoms with Crippen LogP contribution in [0.25, 0.3) is 23.0 Å². The van der Waals surface area contributed by atoms with Gasteiger partial charge in [0.15, 0.2) is 0 Å². The predicted molar refractivity (Wildman–Crippen MR) is 179 cm³/mol. The molecular weight excluding hydrogens is 597 g/mol. The molecule has 0 spiro atoms. The van der Waals surface area contributed by atoms with E-state index in [9.17, 15) is 13.2 Å². The van der Waals surface area contributed by atoms with Gasteiger partial charge < -0.3 is 0 Å². The number of unbranched alkanes of at least 4 members (excludes halogenated alkanes) is 1. The molecule has 3 heterocycles. The zero-order valence-corrected chi connectivity index (χ0v) is 27.6. The lowest BCUT2D eigenvalue weighted by atomic mass is 9.99. The predicted octanol–water partition coefficient (Wildman–Crippen LogP) is 7.38. The number of piperidine rings is 1. The fraction of sp³-hybridized carbons (Fsp3) is 0.424. The van der Waals surface area contributed by atoms with E-state index >= 15 is 0 Å². The summed E-state index contributed by atoms with van der Waals surface area (Å²) in [6.45, 7) is 8.13. The van der Waals surface area contributed by atoms with E-state index in [1.54, 1.807) is 32.1 Å². The van der Waals surface area contributed by atoms with Gasteiger partial charge in [-0.2, -0.15) is 9.40 Å². The van der Waals surface area contributed by atoms with E-state index in [4.69, 9.17) is 17.3 Å². The molecule has 5 rings (SSSR count). The fourth-order valence-corrected chi connectivity index (χ4v) is 8.63. The zero-order valence-electron chi connectivity index (χ0n) is 25.1. The maximum absolute atomic E-state index is 13.6. The van der Waals surface area contributed by atoms with Gasteiger partial charge in [0.2, 0.25) is 10.0 Å². The summed E-state index contributed by atoms with van der Waals surface area (Å²) in [5.74, 6) is 0.655. The molecule has 0 N–H and O–H groups in total. The van der Waals surface area contributed by atoms with Crippen molar-refractivity contribution in [3.05, 3.63) is 71.3 Å². The van der Waals surface area contributed by atoms with Gasteiger partial charge in [0.25, 0.3) is 5.91 Å². The van der Waals surface area contributed by atoms with Gasteiger partial charge in [-0.05, 0) is 61.4 Å². The van der Waals surface area contributed by atoms with E-state index in [0.717, 1.165) is 49.8 Å². The van der Waals surface area contributed by atoms with E-state index in [-0.39, 0.29) is 10.8 Å².